The summed E-state index contributed by atoms with van der Waals surface area (Å²) in [4.78, 5) is 0. The maximum absolute atomic E-state index is 3.56. The van der Waals surface area contributed by atoms with Crippen LogP contribution in [-0.2, 0) is 0 Å². The van der Waals surface area contributed by atoms with E-state index in [0.717, 1.165) is 5.92 Å². The van der Waals surface area contributed by atoms with Crippen LogP contribution in [0.15, 0.2) is 5.57 Å². The van der Waals surface area contributed by atoms with Crippen molar-refractivity contribution >= 4 is 0 Å². The van der Waals surface area contributed by atoms with Crippen LogP contribution < -0.4 is 0 Å². The zero-order valence-corrected chi connectivity index (χ0v) is 8.53. The van der Waals surface area contributed by atoms with Gasteiger partial charge in [0, 0.05) is 0 Å². The van der Waals surface area contributed by atoms with Gasteiger partial charge in [0.05, 0.1) is 0 Å². The fraction of sp³-hybridized carbons (Fsp3) is 0.833. The molecule has 0 aliphatic heterocycles. The minimum atomic E-state index is 1.04. The highest BCUT2D eigenvalue weighted by molar-refractivity contribution is 5.00. The van der Waals surface area contributed by atoms with Gasteiger partial charge in [-0.3, -0.25) is 0 Å². The van der Waals surface area contributed by atoms with Crippen molar-refractivity contribution < 1.29 is 0 Å². The van der Waals surface area contributed by atoms with Crippen LogP contribution in [0.3, 0.4) is 0 Å². The smallest absolute Gasteiger partial charge is 0.0279 e. The Balaban J connectivity index is 2.24. The molecular weight excluding hydrogens is 144 g/mol. The third-order valence-electron chi connectivity index (χ3n) is 2.41. The van der Waals surface area contributed by atoms with Crippen molar-refractivity contribution in [3.8, 4) is 0 Å². The Morgan fingerprint density at radius 3 is 2.50 bits per heavy atom. The first-order chi connectivity index (χ1) is 5.86. The molecule has 1 aliphatic rings. The molecule has 0 atom stereocenters. The van der Waals surface area contributed by atoms with E-state index >= 15 is 0 Å². The lowest BCUT2D eigenvalue weighted by atomic mass is 10.0. The van der Waals surface area contributed by atoms with Crippen molar-refractivity contribution in [3.05, 3.63) is 11.6 Å². The molecule has 0 saturated heterocycles. The third kappa shape index (κ3) is 3.94. The van der Waals surface area contributed by atoms with Crippen LogP contribution in [0.25, 0.3) is 0 Å². The van der Waals surface area contributed by atoms with Crippen molar-refractivity contribution in [2.24, 2.45) is 5.92 Å². The lowest BCUT2D eigenvalue weighted by Gasteiger charge is -2.03. The van der Waals surface area contributed by atoms with Gasteiger partial charge in [0.1, 0.15) is 0 Å². The second-order valence-corrected chi connectivity index (χ2v) is 3.93. The fourth-order valence-corrected chi connectivity index (χ4v) is 1.54. The second kappa shape index (κ2) is 5.40. The molecule has 1 saturated carbocycles. The average Bonchev–Trinajstić information content (AvgIpc) is 2.84. The summed E-state index contributed by atoms with van der Waals surface area (Å²) in [5.41, 5.74) is 1.61. The summed E-state index contributed by atoms with van der Waals surface area (Å²) >= 11 is 0. The first-order valence-corrected chi connectivity index (χ1v) is 5.45. The molecule has 0 bridgehead atoms. The monoisotopic (exact) mass is 165 g/mol. The Bertz CT molecular complexity index is 140. The van der Waals surface area contributed by atoms with E-state index in [4.69, 9.17) is 0 Å². The molecule has 0 amide bonds. The van der Waals surface area contributed by atoms with Crippen molar-refractivity contribution in [1.82, 2.24) is 0 Å². The molecule has 0 aromatic carbocycles. The number of allylic oxidation sites excluding steroid dienone is 2. The second-order valence-electron chi connectivity index (χ2n) is 3.93. The molecule has 0 unspecified atom stereocenters. The Morgan fingerprint density at radius 2 is 2.00 bits per heavy atom. The average molecular weight is 165 g/mol. The zero-order chi connectivity index (χ0) is 8.81. The lowest BCUT2D eigenvalue weighted by Crippen LogP contribution is -1.86. The molecule has 0 spiro atoms. The van der Waals surface area contributed by atoms with E-state index in [1.165, 1.54) is 44.9 Å². The van der Waals surface area contributed by atoms with Crippen LogP contribution in [0.2, 0.25) is 0 Å². The van der Waals surface area contributed by atoms with Crippen molar-refractivity contribution in [1.29, 1.82) is 0 Å². The maximum Gasteiger partial charge on any atom is -0.0279 e. The van der Waals surface area contributed by atoms with Gasteiger partial charge in [0.2, 0.25) is 0 Å². The maximum atomic E-state index is 3.56. The van der Waals surface area contributed by atoms with Gasteiger partial charge in [-0.25, -0.2) is 0 Å². The molecule has 12 heavy (non-hydrogen) atoms. The van der Waals surface area contributed by atoms with Crippen LogP contribution in [0.1, 0.15) is 58.8 Å². The summed E-state index contributed by atoms with van der Waals surface area (Å²) in [5.74, 6) is 1.04. The van der Waals surface area contributed by atoms with E-state index < -0.39 is 0 Å². The molecule has 0 heteroatoms. The Kier molecular flexibility index (Phi) is 4.42. The molecule has 1 radical (unpaired) electrons. The molecular formula is C12H21. The molecule has 1 rings (SSSR count). The number of hydrogen-bond donors (Lipinski definition) is 0. The normalized spacial score (nSPS) is 18.3. The highest BCUT2D eigenvalue weighted by atomic mass is 14.3. The molecule has 1 fully saturated rings. The Morgan fingerprint density at radius 1 is 1.25 bits per heavy atom. The van der Waals surface area contributed by atoms with Gasteiger partial charge >= 0.3 is 0 Å². The number of unbranched alkanes of at least 4 members (excludes halogenated alkanes) is 1. The molecule has 0 heterocycles. The predicted molar refractivity (Wildman–Crippen MR) is 53.9 cm³/mol. The van der Waals surface area contributed by atoms with Crippen molar-refractivity contribution in [2.75, 3.05) is 0 Å². The number of hydrogen-bond acceptors (Lipinski definition) is 0. The highest BCUT2D eigenvalue weighted by Gasteiger charge is 2.21. The minimum Gasteiger partial charge on any atom is -0.0665 e. The van der Waals surface area contributed by atoms with Gasteiger partial charge in [-0.2, -0.15) is 0 Å². The quantitative estimate of drug-likeness (QED) is 0.555. The number of rotatable bonds is 6. The highest BCUT2D eigenvalue weighted by Crippen LogP contribution is 2.36. The van der Waals surface area contributed by atoms with E-state index in [-0.39, 0.29) is 0 Å². The van der Waals surface area contributed by atoms with E-state index in [1.807, 2.05) is 0 Å². The minimum absolute atomic E-state index is 1.04. The summed E-state index contributed by atoms with van der Waals surface area (Å²) in [5, 5.41) is 0. The molecule has 0 aromatic heterocycles. The van der Waals surface area contributed by atoms with E-state index in [0.29, 0.717) is 0 Å². The van der Waals surface area contributed by atoms with E-state index in [2.05, 4.69) is 19.9 Å². The molecule has 0 aromatic rings. The van der Waals surface area contributed by atoms with Gasteiger partial charge in [-0.05, 0) is 44.1 Å². The summed E-state index contributed by atoms with van der Waals surface area (Å²) < 4.78 is 0. The van der Waals surface area contributed by atoms with Gasteiger partial charge < -0.3 is 0 Å². The predicted octanol–water partition coefficient (Wildman–Crippen LogP) is 4.12. The van der Waals surface area contributed by atoms with Gasteiger partial charge in [-0.15, -0.1) is 0 Å². The van der Waals surface area contributed by atoms with Crippen LogP contribution in [0.5, 0.6) is 0 Å². The molecule has 69 valence electrons. The van der Waals surface area contributed by atoms with Crippen LogP contribution in [0, 0.1) is 12.0 Å². The Hall–Kier alpha value is -0.260. The van der Waals surface area contributed by atoms with Crippen LogP contribution >= 0.6 is 0 Å². The molecule has 0 N–H and O–H groups in total. The Labute approximate surface area is 77.1 Å². The van der Waals surface area contributed by atoms with Crippen molar-refractivity contribution in [3.63, 3.8) is 0 Å². The topological polar surface area (TPSA) is 0 Å². The van der Waals surface area contributed by atoms with Crippen LogP contribution in [-0.4, -0.2) is 0 Å². The summed E-state index contributed by atoms with van der Waals surface area (Å²) in [7, 11) is 0. The third-order valence-corrected chi connectivity index (χ3v) is 2.41. The van der Waals surface area contributed by atoms with Crippen LogP contribution in [0.4, 0.5) is 0 Å². The lowest BCUT2D eigenvalue weighted by molar-refractivity contribution is 0.738. The standard InChI is InChI=1S/C12H21/c1-3-5-7-11(6-4-2)10-12-8-9-12/h12H,3-6,8-10H2,1-2H3. The van der Waals surface area contributed by atoms with Gasteiger partial charge in [-0.1, -0.05) is 32.3 Å². The summed E-state index contributed by atoms with van der Waals surface area (Å²) in [6.07, 6.45) is 12.9. The first kappa shape index (κ1) is 9.83. The molecule has 0 nitrogen and oxygen atoms in total. The first-order valence-electron chi connectivity index (χ1n) is 5.45. The fourth-order valence-electron chi connectivity index (χ4n) is 1.54. The summed E-state index contributed by atoms with van der Waals surface area (Å²) in [6.45, 7) is 4.49. The van der Waals surface area contributed by atoms with Crippen molar-refractivity contribution in [2.45, 2.75) is 58.8 Å². The SMILES string of the molecule is CCC[C]=C(CCC)CC1CC1. The van der Waals surface area contributed by atoms with E-state index in [1.54, 1.807) is 5.57 Å². The van der Waals surface area contributed by atoms with Gasteiger partial charge in [0.15, 0.2) is 0 Å². The summed E-state index contributed by atoms with van der Waals surface area (Å²) in [6, 6.07) is 0. The molecule has 1 aliphatic carbocycles. The van der Waals surface area contributed by atoms with E-state index in [9.17, 15) is 0 Å². The largest absolute Gasteiger partial charge is 0.0665 e. The van der Waals surface area contributed by atoms with Gasteiger partial charge in [0.25, 0.3) is 0 Å². The zero-order valence-electron chi connectivity index (χ0n) is 8.53.